The van der Waals surface area contributed by atoms with E-state index in [-0.39, 0.29) is 18.2 Å². The normalized spacial score (nSPS) is 34.1. The summed E-state index contributed by atoms with van der Waals surface area (Å²) in [6.07, 6.45) is 2.04. The van der Waals surface area contributed by atoms with Crippen molar-refractivity contribution in [2.75, 3.05) is 13.7 Å². The van der Waals surface area contributed by atoms with Gasteiger partial charge in [-0.15, -0.1) is 0 Å². The molecule has 2 amide bonds. The van der Waals surface area contributed by atoms with Gasteiger partial charge < -0.3 is 15.4 Å². The second-order valence-electron chi connectivity index (χ2n) is 3.43. The number of carbonyl (C=O) groups excluding carboxylic acids is 1. The summed E-state index contributed by atoms with van der Waals surface area (Å²) in [6, 6.07) is -0.409. The number of rotatable bonds is 1. The number of amides is 2. The van der Waals surface area contributed by atoms with Crippen LogP contribution in [0, 0.1) is 0 Å². The van der Waals surface area contributed by atoms with E-state index in [1.165, 1.54) is 0 Å². The summed E-state index contributed by atoms with van der Waals surface area (Å²) in [7, 11) is 1.71. The number of hydrogen-bond donors (Lipinski definition) is 1. The molecule has 0 aromatic carbocycles. The minimum Gasteiger partial charge on any atom is -0.385 e. The van der Waals surface area contributed by atoms with Gasteiger partial charge in [-0.3, -0.25) is 0 Å². The zero-order chi connectivity index (χ0) is 9.42. The molecule has 0 aliphatic carbocycles. The molecule has 2 N–H and O–H groups in total. The van der Waals surface area contributed by atoms with E-state index in [1.54, 1.807) is 11.9 Å². The quantitative estimate of drug-likeness (QED) is 0.620. The van der Waals surface area contributed by atoms with Gasteiger partial charge in [0.05, 0.1) is 6.10 Å². The first kappa shape index (κ1) is 8.50. The van der Waals surface area contributed by atoms with Crippen LogP contribution >= 0.6 is 0 Å². The van der Waals surface area contributed by atoms with E-state index < -0.39 is 0 Å². The Labute approximate surface area is 76.6 Å². The van der Waals surface area contributed by atoms with E-state index >= 15 is 0 Å². The Morgan fingerprint density at radius 3 is 2.92 bits per heavy atom. The number of urea groups is 1. The molecule has 5 heteroatoms. The van der Waals surface area contributed by atoms with Crippen LogP contribution in [0.5, 0.6) is 0 Å². The molecular weight excluding hydrogens is 170 g/mol. The van der Waals surface area contributed by atoms with Crippen LogP contribution in [0.4, 0.5) is 4.79 Å². The van der Waals surface area contributed by atoms with Crippen LogP contribution in [-0.4, -0.2) is 42.6 Å². The summed E-state index contributed by atoms with van der Waals surface area (Å²) in [4.78, 5) is 16.4. The number of nitrogens with zero attached hydrogens (tertiary/aromatic N) is 2. The molecule has 2 heterocycles. The summed E-state index contributed by atoms with van der Waals surface area (Å²) in [5.74, 6) is 0.388. The molecule has 0 aromatic heterocycles. The molecule has 0 spiro atoms. The Morgan fingerprint density at radius 2 is 2.46 bits per heavy atom. The second kappa shape index (κ2) is 2.99. The van der Waals surface area contributed by atoms with Crippen LogP contribution in [0.1, 0.15) is 12.8 Å². The van der Waals surface area contributed by atoms with E-state index in [1.807, 2.05) is 0 Å². The third-order valence-corrected chi connectivity index (χ3v) is 2.56. The molecule has 0 aromatic rings. The average molecular weight is 183 g/mol. The Balaban J connectivity index is 2.14. The molecule has 2 aliphatic rings. The number of carbonyl (C=O) groups is 1. The lowest BCUT2D eigenvalue weighted by Gasteiger charge is -2.24. The van der Waals surface area contributed by atoms with Gasteiger partial charge in [0.15, 0.2) is 0 Å². The minimum atomic E-state index is -0.266. The van der Waals surface area contributed by atoms with Gasteiger partial charge in [0, 0.05) is 13.7 Å². The second-order valence-corrected chi connectivity index (χ2v) is 3.43. The number of aliphatic imine (C=N–C) groups is 1. The smallest absolute Gasteiger partial charge is 0.345 e. The zero-order valence-corrected chi connectivity index (χ0v) is 7.56. The van der Waals surface area contributed by atoms with Crippen LogP contribution < -0.4 is 5.73 Å². The van der Waals surface area contributed by atoms with Crippen molar-refractivity contribution in [2.45, 2.75) is 25.0 Å². The predicted molar refractivity (Wildman–Crippen MR) is 47.5 cm³/mol. The monoisotopic (exact) mass is 183 g/mol. The van der Waals surface area contributed by atoms with Crippen LogP contribution in [0.15, 0.2) is 4.99 Å². The molecule has 13 heavy (non-hydrogen) atoms. The standard InChI is InChI=1S/C8H13N3O2/c1-11-6(5-3-2-4-13-5)7(9)10-8(11)12/h5-6H,2-4H2,1H3,(H2,9,10,12). The summed E-state index contributed by atoms with van der Waals surface area (Å²) >= 11 is 0. The number of hydrogen-bond acceptors (Lipinski definition) is 3. The van der Waals surface area contributed by atoms with Gasteiger partial charge in [-0.2, -0.15) is 4.99 Å². The number of amidine groups is 1. The fourth-order valence-electron chi connectivity index (χ4n) is 1.86. The van der Waals surface area contributed by atoms with Crippen molar-refractivity contribution in [1.29, 1.82) is 0 Å². The van der Waals surface area contributed by atoms with E-state index in [4.69, 9.17) is 10.5 Å². The minimum absolute atomic E-state index is 0.0419. The van der Waals surface area contributed by atoms with Crippen molar-refractivity contribution in [3.63, 3.8) is 0 Å². The van der Waals surface area contributed by atoms with E-state index in [0.717, 1.165) is 19.4 Å². The first-order valence-corrected chi connectivity index (χ1v) is 4.42. The maximum atomic E-state index is 11.2. The van der Waals surface area contributed by atoms with Crippen molar-refractivity contribution < 1.29 is 9.53 Å². The largest absolute Gasteiger partial charge is 0.385 e. The molecule has 72 valence electrons. The highest BCUT2D eigenvalue weighted by molar-refractivity contribution is 6.03. The lowest BCUT2D eigenvalue weighted by atomic mass is 10.1. The number of ether oxygens (including phenoxy) is 1. The van der Waals surface area contributed by atoms with Crippen molar-refractivity contribution in [1.82, 2.24) is 4.90 Å². The highest BCUT2D eigenvalue weighted by Crippen LogP contribution is 2.22. The molecule has 2 unspecified atom stereocenters. The van der Waals surface area contributed by atoms with Crippen LogP contribution in [0.2, 0.25) is 0 Å². The van der Waals surface area contributed by atoms with Crippen molar-refractivity contribution in [2.24, 2.45) is 10.7 Å². The molecule has 1 fully saturated rings. The summed E-state index contributed by atoms with van der Waals surface area (Å²) in [6.45, 7) is 0.760. The molecule has 0 saturated carbocycles. The van der Waals surface area contributed by atoms with Crippen LogP contribution in [0.25, 0.3) is 0 Å². The van der Waals surface area contributed by atoms with Gasteiger partial charge in [0.1, 0.15) is 11.9 Å². The molecule has 2 atom stereocenters. The number of likely N-dealkylation sites (N-methyl/N-ethyl adjacent to an activating group) is 1. The third kappa shape index (κ3) is 1.29. The number of nitrogens with two attached hydrogens (primary N) is 1. The maximum Gasteiger partial charge on any atom is 0.345 e. The Kier molecular flexibility index (Phi) is 1.95. The van der Waals surface area contributed by atoms with Gasteiger partial charge in [0.25, 0.3) is 0 Å². The molecule has 1 saturated heterocycles. The molecule has 2 aliphatic heterocycles. The Bertz CT molecular complexity index is 258. The fraction of sp³-hybridized carbons (Fsp3) is 0.750. The van der Waals surface area contributed by atoms with Crippen LogP contribution in [0.3, 0.4) is 0 Å². The Morgan fingerprint density at radius 1 is 1.69 bits per heavy atom. The highest BCUT2D eigenvalue weighted by Gasteiger charge is 2.38. The topological polar surface area (TPSA) is 67.9 Å². The van der Waals surface area contributed by atoms with E-state index in [0.29, 0.717) is 5.84 Å². The van der Waals surface area contributed by atoms with Crippen molar-refractivity contribution in [3.8, 4) is 0 Å². The summed E-state index contributed by atoms with van der Waals surface area (Å²) in [5, 5.41) is 0. The highest BCUT2D eigenvalue weighted by atomic mass is 16.5. The van der Waals surface area contributed by atoms with Crippen molar-refractivity contribution in [3.05, 3.63) is 0 Å². The Hall–Kier alpha value is -1.10. The molecule has 0 bridgehead atoms. The summed E-state index contributed by atoms with van der Waals surface area (Å²) in [5.41, 5.74) is 5.65. The summed E-state index contributed by atoms with van der Waals surface area (Å²) < 4.78 is 5.47. The van der Waals surface area contributed by atoms with Gasteiger partial charge in [-0.25, -0.2) is 4.79 Å². The SMILES string of the molecule is CN1C(=O)N=C(N)C1C1CCCO1. The predicted octanol–water partition coefficient (Wildman–Crippen LogP) is -0.0434. The molecule has 5 nitrogen and oxygen atoms in total. The molecule has 0 radical (unpaired) electrons. The average Bonchev–Trinajstić information content (AvgIpc) is 2.63. The fourth-order valence-corrected chi connectivity index (χ4v) is 1.86. The third-order valence-electron chi connectivity index (χ3n) is 2.56. The maximum absolute atomic E-state index is 11.2. The van der Waals surface area contributed by atoms with E-state index in [2.05, 4.69) is 4.99 Å². The van der Waals surface area contributed by atoms with Gasteiger partial charge in [-0.1, -0.05) is 0 Å². The van der Waals surface area contributed by atoms with Crippen molar-refractivity contribution >= 4 is 11.9 Å². The van der Waals surface area contributed by atoms with Gasteiger partial charge in [-0.05, 0) is 12.8 Å². The van der Waals surface area contributed by atoms with Gasteiger partial charge in [0.2, 0.25) is 0 Å². The lowest BCUT2D eigenvalue weighted by Crippen LogP contribution is -2.46. The van der Waals surface area contributed by atoms with Gasteiger partial charge >= 0.3 is 6.03 Å². The molecule has 2 rings (SSSR count). The van der Waals surface area contributed by atoms with Crippen LogP contribution in [-0.2, 0) is 4.74 Å². The first-order valence-electron chi connectivity index (χ1n) is 4.42. The van der Waals surface area contributed by atoms with E-state index in [9.17, 15) is 4.79 Å². The first-order chi connectivity index (χ1) is 6.20. The lowest BCUT2D eigenvalue weighted by molar-refractivity contribution is 0.0737. The molecular formula is C8H13N3O2. The zero-order valence-electron chi connectivity index (χ0n) is 7.56.